The topological polar surface area (TPSA) is 106 Å². The van der Waals surface area contributed by atoms with E-state index in [-0.39, 0.29) is 10.7 Å². The first kappa shape index (κ1) is 16.0. The molecule has 1 atom stereocenters. The maximum atomic E-state index is 12.6. The van der Waals surface area contributed by atoms with Gasteiger partial charge in [-0.25, -0.2) is 17.9 Å². The van der Waals surface area contributed by atoms with Crippen molar-refractivity contribution in [2.75, 3.05) is 13.2 Å². The van der Waals surface area contributed by atoms with Gasteiger partial charge in [0.25, 0.3) is 0 Å². The van der Waals surface area contributed by atoms with Crippen LogP contribution in [0.3, 0.4) is 0 Å². The number of hydrogen-bond donors (Lipinski definition) is 2. The largest absolute Gasteiger partial charge is 0.475 e. The fourth-order valence-electron chi connectivity index (χ4n) is 2.70. The minimum atomic E-state index is -3.74. The Labute approximate surface area is 133 Å². The number of aromatic carboxylic acids is 1. The number of carboxylic acids is 1. The van der Waals surface area contributed by atoms with Crippen molar-refractivity contribution in [1.82, 2.24) is 4.72 Å². The number of fused-ring (bicyclic) bond motifs is 1. The second-order valence-electron chi connectivity index (χ2n) is 5.99. The molecule has 0 bridgehead atoms. The summed E-state index contributed by atoms with van der Waals surface area (Å²) in [5.74, 6) is -1.37. The number of carbonyl (C=O) groups is 1. The third kappa shape index (κ3) is 2.85. The SMILES string of the molecule is Cc1c(C(=O)O)oc2ccc(S(=O)(=O)NC3(C)CCOC3)cc12. The Morgan fingerprint density at radius 3 is 2.74 bits per heavy atom. The molecule has 8 heteroatoms. The molecule has 1 aliphatic heterocycles. The van der Waals surface area contributed by atoms with Gasteiger partial charge >= 0.3 is 5.97 Å². The van der Waals surface area contributed by atoms with Crippen LogP contribution in [-0.2, 0) is 14.8 Å². The number of benzene rings is 1. The van der Waals surface area contributed by atoms with Gasteiger partial charge < -0.3 is 14.3 Å². The number of aryl methyl sites for hydroxylation is 1. The van der Waals surface area contributed by atoms with E-state index in [4.69, 9.17) is 14.3 Å². The lowest BCUT2D eigenvalue weighted by Gasteiger charge is -2.23. The van der Waals surface area contributed by atoms with Crippen LogP contribution >= 0.6 is 0 Å². The minimum absolute atomic E-state index is 0.0685. The molecule has 0 radical (unpaired) electrons. The molecule has 2 heterocycles. The molecule has 0 saturated carbocycles. The van der Waals surface area contributed by atoms with Crippen LogP contribution in [0.1, 0.15) is 29.5 Å². The molecule has 2 aromatic rings. The van der Waals surface area contributed by atoms with E-state index in [1.807, 2.05) is 0 Å². The third-order valence-corrected chi connectivity index (χ3v) is 5.65. The van der Waals surface area contributed by atoms with E-state index in [0.29, 0.717) is 36.2 Å². The van der Waals surface area contributed by atoms with Gasteiger partial charge in [-0.05, 0) is 38.5 Å². The number of furan rings is 1. The van der Waals surface area contributed by atoms with Crippen molar-refractivity contribution in [3.8, 4) is 0 Å². The summed E-state index contributed by atoms with van der Waals surface area (Å²) in [7, 11) is -3.74. The van der Waals surface area contributed by atoms with Gasteiger partial charge in [-0.1, -0.05) is 0 Å². The second-order valence-corrected chi connectivity index (χ2v) is 7.67. The summed E-state index contributed by atoms with van der Waals surface area (Å²) < 4.78 is 38.3. The maximum Gasteiger partial charge on any atom is 0.372 e. The van der Waals surface area contributed by atoms with Crippen LogP contribution in [0.2, 0.25) is 0 Å². The predicted molar refractivity (Wildman–Crippen MR) is 82.1 cm³/mol. The number of carboxylic acid groups (broad SMARTS) is 1. The van der Waals surface area contributed by atoms with E-state index in [1.165, 1.54) is 18.2 Å². The monoisotopic (exact) mass is 339 g/mol. The van der Waals surface area contributed by atoms with Crippen LogP contribution in [-0.4, -0.2) is 38.2 Å². The number of hydrogen-bond acceptors (Lipinski definition) is 5. The highest BCUT2D eigenvalue weighted by atomic mass is 32.2. The summed E-state index contributed by atoms with van der Waals surface area (Å²) in [6.07, 6.45) is 0.600. The molecule has 1 aromatic carbocycles. The first-order valence-electron chi connectivity index (χ1n) is 7.10. The minimum Gasteiger partial charge on any atom is -0.475 e. The van der Waals surface area contributed by atoms with Gasteiger partial charge in [-0.2, -0.15) is 0 Å². The molecule has 0 spiro atoms. The van der Waals surface area contributed by atoms with Gasteiger partial charge in [-0.3, -0.25) is 0 Å². The molecular formula is C15H17NO6S. The summed E-state index contributed by atoms with van der Waals surface area (Å²) in [5, 5.41) is 9.55. The van der Waals surface area contributed by atoms with Crippen LogP contribution in [0.25, 0.3) is 11.0 Å². The summed E-state index contributed by atoms with van der Waals surface area (Å²) in [4.78, 5) is 11.2. The number of nitrogens with one attached hydrogen (secondary N) is 1. The normalized spacial score (nSPS) is 21.8. The molecule has 3 rings (SSSR count). The average molecular weight is 339 g/mol. The number of sulfonamides is 1. The van der Waals surface area contributed by atoms with Crippen molar-refractivity contribution >= 4 is 27.0 Å². The van der Waals surface area contributed by atoms with Gasteiger partial charge in [0.15, 0.2) is 0 Å². The number of rotatable bonds is 4. The molecule has 0 amide bonds. The molecule has 7 nitrogen and oxygen atoms in total. The molecule has 1 fully saturated rings. The Hall–Kier alpha value is -1.90. The van der Waals surface area contributed by atoms with Crippen molar-refractivity contribution in [3.63, 3.8) is 0 Å². The van der Waals surface area contributed by atoms with Crippen LogP contribution in [0.4, 0.5) is 0 Å². The summed E-state index contributed by atoms with van der Waals surface area (Å²) in [6.45, 7) is 4.22. The zero-order chi connectivity index (χ0) is 16.8. The Morgan fingerprint density at radius 1 is 1.39 bits per heavy atom. The lowest BCUT2D eigenvalue weighted by molar-refractivity contribution is 0.0664. The fraction of sp³-hybridized carbons (Fsp3) is 0.400. The van der Waals surface area contributed by atoms with Crippen molar-refractivity contribution in [2.45, 2.75) is 30.7 Å². The smallest absolute Gasteiger partial charge is 0.372 e. The Bertz CT molecular complexity index is 877. The van der Waals surface area contributed by atoms with Crippen LogP contribution in [0.15, 0.2) is 27.5 Å². The second kappa shape index (κ2) is 5.33. The van der Waals surface area contributed by atoms with Crippen LogP contribution in [0, 0.1) is 6.92 Å². The highest BCUT2D eigenvalue weighted by molar-refractivity contribution is 7.89. The maximum absolute atomic E-state index is 12.6. The Morgan fingerprint density at radius 2 is 2.13 bits per heavy atom. The van der Waals surface area contributed by atoms with E-state index in [9.17, 15) is 13.2 Å². The zero-order valence-corrected chi connectivity index (χ0v) is 13.6. The standard InChI is InChI=1S/C15H17NO6S/c1-9-11-7-10(3-4-12(11)22-13(9)14(17)18)23(19,20)16-15(2)5-6-21-8-15/h3-4,7,16H,5-6,8H2,1-2H3,(H,17,18). The Kier molecular flexibility index (Phi) is 3.70. The first-order chi connectivity index (χ1) is 10.7. The van der Waals surface area contributed by atoms with Crippen molar-refractivity contribution < 1.29 is 27.5 Å². The van der Waals surface area contributed by atoms with Gasteiger partial charge in [0.1, 0.15) is 5.58 Å². The molecule has 2 N–H and O–H groups in total. The molecule has 1 aromatic heterocycles. The number of ether oxygens (including phenoxy) is 1. The van der Waals surface area contributed by atoms with Crippen LogP contribution in [0.5, 0.6) is 0 Å². The quantitative estimate of drug-likeness (QED) is 0.881. The summed E-state index contributed by atoms with van der Waals surface area (Å²) in [5.41, 5.74) is 0.111. The Balaban J connectivity index is 2.02. The highest BCUT2D eigenvalue weighted by Gasteiger charge is 2.34. The molecule has 1 aliphatic rings. The third-order valence-electron chi connectivity index (χ3n) is 4.01. The average Bonchev–Trinajstić information content (AvgIpc) is 3.02. The van der Waals surface area contributed by atoms with Gasteiger partial charge in [0.2, 0.25) is 15.8 Å². The van der Waals surface area contributed by atoms with E-state index in [0.717, 1.165) is 0 Å². The molecule has 124 valence electrons. The molecule has 23 heavy (non-hydrogen) atoms. The van der Waals surface area contributed by atoms with Gasteiger partial charge in [0.05, 0.1) is 17.0 Å². The highest BCUT2D eigenvalue weighted by Crippen LogP contribution is 2.29. The van der Waals surface area contributed by atoms with Crippen molar-refractivity contribution in [1.29, 1.82) is 0 Å². The summed E-state index contributed by atoms with van der Waals surface area (Å²) in [6, 6.07) is 4.30. The van der Waals surface area contributed by atoms with E-state index >= 15 is 0 Å². The molecule has 1 saturated heterocycles. The van der Waals surface area contributed by atoms with Crippen LogP contribution < -0.4 is 4.72 Å². The zero-order valence-electron chi connectivity index (χ0n) is 12.8. The predicted octanol–water partition coefficient (Wildman–Crippen LogP) is 1.90. The van der Waals surface area contributed by atoms with E-state index in [2.05, 4.69) is 4.72 Å². The first-order valence-corrected chi connectivity index (χ1v) is 8.58. The van der Waals surface area contributed by atoms with Crippen molar-refractivity contribution in [3.05, 3.63) is 29.5 Å². The van der Waals surface area contributed by atoms with Gasteiger partial charge in [-0.15, -0.1) is 0 Å². The molecule has 0 aliphatic carbocycles. The lowest BCUT2D eigenvalue weighted by Crippen LogP contribution is -2.46. The summed E-state index contributed by atoms with van der Waals surface area (Å²) >= 11 is 0. The fourth-order valence-corrected chi connectivity index (χ4v) is 4.15. The van der Waals surface area contributed by atoms with E-state index in [1.54, 1.807) is 13.8 Å². The molecular weight excluding hydrogens is 322 g/mol. The lowest BCUT2D eigenvalue weighted by atomic mass is 10.0. The van der Waals surface area contributed by atoms with E-state index < -0.39 is 21.5 Å². The van der Waals surface area contributed by atoms with Gasteiger partial charge in [0, 0.05) is 17.6 Å². The van der Waals surface area contributed by atoms with Crippen molar-refractivity contribution in [2.24, 2.45) is 0 Å². The molecule has 1 unspecified atom stereocenters.